The fraction of sp³-hybridized carbons (Fsp3) is 0.622. The number of fused-ring (bicyclic) bond motifs is 2. The van der Waals surface area contributed by atoms with E-state index in [0.29, 0.717) is 17.9 Å². The van der Waals surface area contributed by atoms with Crippen molar-refractivity contribution in [2.75, 3.05) is 51.0 Å². The van der Waals surface area contributed by atoms with E-state index in [1.54, 1.807) is 31.0 Å². The van der Waals surface area contributed by atoms with Crippen LogP contribution in [0.2, 0.25) is 18.1 Å². The van der Waals surface area contributed by atoms with Crippen molar-refractivity contribution in [2.45, 2.75) is 198 Å². The van der Waals surface area contributed by atoms with Crippen LogP contribution < -0.4 is 30.7 Å². The van der Waals surface area contributed by atoms with Gasteiger partial charge in [0.15, 0.2) is 21.5 Å². The van der Waals surface area contributed by atoms with Gasteiger partial charge in [-0.2, -0.15) is 0 Å². The number of hydrogen-bond donors (Lipinski definition) is 4. The van der Waals surface area contributed by atoms with Gasteiger partial charge in [0.25, 0.3) is 11.8 Å². The molecule has 0 fully saturated rings. The van der Waals surface area contributed by atoms with Crippen molar-refractivity contribution in [3.8, 4) is 11.5 Å². The van der Waals surface area contributed by atoms with Crippen molar-refractivity contribution in [1.82, 2.24) is 0 Å². The van der Waals surface area contributed by atoms with Crippen LogP contribution in [-0.2, 0) is 33.0 Å². The number of aliphatic hydroxyl groups excluding tert-OH is 2. The van der Waals surface area contributed by atoms with Crippen LogP contribution in [0.1, 0.15) is 155 Å². The number of benzene rings is 2. The largest absolute Gasteiger partial charge is 0.482 e. The molecule has 4 rings (SSSR count). The summed E-state index contributed by atoms with van der Waals surface area (Å²) in [6.07, 6.45) is 19.7. The highest BCUT2D eigenvalue weighted by molar-refractivity contribution is 6.74. The summed E-state index contributed by atoms with van der Waals surface area (Å²) in [6.45, 7) is 40.4. The fourth-order valence-corrected chi connectivity index (χ4v) is 13.6. The van der Waals surface area contributed by atoms with E-state index in [1.165, 1.54) is 5.57 Å². The Morgan fingerprint density at radius 2 is 1.03 bits per heavy atom. The van der Waals surface area contributed by atoms with Crippen LogP contribution >= 0.6 is 0 Å². The van der Waals surface area contributed by atoms with Gasteiger partial charge in [-0.15, -0.1) is 0 Å². The summed E-state index contributed by atoms with van der Waals surface area (Å²) in [7, 11) is 2.94. The number of methoxy groups -OCH3 is 1. The second kappa shape index (κ2) is 37.8. The predicted molar refractivity (Wildman–Crippen MR) is 376 cm³/mol. The van der Waals surface area contributed by atoms with E-state index in [1.807, 2.05) is 109 Å². The topological polar surface area (TPSA) is 232 Å². The predicted octanol–water partition coefficient (Wildman–Crippen LogP) is 15.1. The number of ether oxygens (including phenoxy) is 6. The van der Waals surface area contributed by atoms with Crippen molar-refractivity contribution in [3.05, 3.63) is 107 Å². The lowest BCUT2D eigenvalue weighted by atomic mass is 9.81. The smallest absolute Gasteiger partial charge is 0.404 e. The Hall–Kier alpha value is -6.02. The third kappa shape index (κ3) is 24.4. The minimum Gasteiger partial charge on any atom is -0.482 e. The van der Waals surface area contributed by atoms with Gasteiger partial charge in [-0.3, -0.25) is 9.59 Å². The molecule has 0 aromatic heterocycles. The molecule has 18 heteroatoms. The molecule has 2 aromatic carbocycles. The highest BCUT2D eigenvalue weighted by Gasteiger charge is 2.44. The van der Waals surface area contributed by atoms with Crippen LogP contribution in [-0.4, -0.2) is 120 Å². The maximum Gasteiger partial charge on any atom is 0.404 e. The molecule has 0 aliphatic carbocycles. The molecule has 17 nitrogen and oxygen atoms in total. The number of nitrogens with two attached hydrogens (primary N) is 2. The minimum absolute atomic E-state index is 0.00759. The van der Waals surface area contributed by atoms with Crippen LogP contribution in [0.25, 0.3) is 12.2 Å². The Bertz CT molecular complexity index is 2860. The molecule has 2 aliphatic rings. The number of aliphatic hydroxyl groups is 2. The molecular formula is C74H118N4O13Si. The standard InChI is InChI=1S/C41H68N2O7Si.C33H50N2O6/c1-15-16-17-28(3)38(49-40(42)45)32(7)39(50-51(13,14)41(8,9)10)31(6)23-27(2)22-30(5)37(48-26-46-12)29(4)18-19-33-20-21-35-34(24-33)43(11)36(44)25-47-35;1-9-10-11-22(4)32(41-33(34)39)25(7)31(38)24(6)17-20(2)16-23(5)30(37)21(3)12-13-26-14-15-28-27(18-26)35(8)29(36)19-40-28/h16-22,24,28-32,37-39H,15,23,25-26H2,1-14H3,(H2,42,45);10-16,18,21-25,30-32,37-38H,9,17,19H2,1-8H3,(H2,34,39)/b17-16-,19-18-,27-22-;11-10-,13-12-,20-16-/t28?,29?,30-,31-,32+,37-,38-,39+;21?,22?,23-,24-,25-,30-,31+,32-/m00/s1. The molecule has 4 amide bonds. The first kappa shape index (κ1) is 80.2. The Balaban J connectivity index is 0.000000492. The number of allylic oxidation sites excluding steroid dienone is 4. The van der Waals surface area contributed by atoms with Crippen molar-refractivity contribution in [1.29, 1.82) is 0 Å². The summed E-state index contributed by atoms with van der Waals surface area (Å²) >= 11 is 0. The summed E-state index contributed by atoms with van der Waals surface area (Å²) < 4.78 is 41.1. The number of hydrogen-bond acceptors (Lipinski definition) is 13. The maximum atomic E-state index is 12.2. The van der Waals surface area contributed by atoms with Gasteiger partial charge in [0.1, 0.15) is 30.5 Å². The zero-order chi connectivity index (χ0) is 69.5. The van der Waals surface area contributed by atoms with Gasteiger partial charge in [0.2, 0.25) is 0 Å². The lowest BCUT2D eigenvalue weighted by Gasteiger charge is -2.44. The van der Waals surface area contributed by atoms with E-state index in [9.17, 15) is 29.4 Å². The molecule has 516 valence electrons. The lowest BCUT2D eigenvalue weighted by Crippen LogP contribution is -2.50. The molecule has 16 atom stereocenters. The molecule has 0 saturated carbocycles. The van der Waals surface area contributed by atoms with Gasteiger partial charge in [0, 0.05) is 68.5 Å². The highest BCUT2D eigenvalue weighted by atomic mass is 28.4. The van der Waals surface area contributed by atoms with E-state index < -0.39 is 44.9 Å². The van der Waals surface area contributed by atoms with Crippen LogP contribution in [0.15, 0.2) is 96.2 Å². The molecule has 2 aliphatic heterocycles. The normalized spacial score (nSPS) is 19.6. The first-order chi connectivity index (χ1) is 43.0. The molecule has 4 unspecified atom stereocenters. The van der Waals surface area contributed by atoms with E-state index in [4.69, 9.17) is 44.3 Å². The Morgan fingerprint density at radius 3 is 1.47 bits per heavy atom. The average Bonchev–Trinajstić information content (AvgIpc) is 0.832. The lowest BCUT2D eigenvalue weighted by molar-refractivity contribution is -0.121. The van der Waals surface area contributed by atoms with Gasteiger partial charge in [0.05, 0.1) is 35.8 Å². The molecule has 0 saturated heterocycles. The zero-order valence-electron chi connectivity index (χ0n) is 59.9. The SMILES string of the molecule is CC/C=C\C(C)[C@H](OC(N)=O)[C@@H](C)[C@H](O)[C@@H](C)C/C(C)=C\[C@H](C)[C@@H](O)C(C)/C=C\c1ccc2c(c1)N(C)C(=O)CO2.CC/C=C\C(C)[C@H](OC(N)=O)[C@@H](C)[C@H](O[Si](C)(C)C(C)(C)C)[C@@H](C)C/C(C)=C\[C@H](C)[C@@H](OCOC)C(C)/C=C\c1ccc2c(c1)N(C)C(=O)CO2. The van der Waals surface area contributed by atoms with Crippen molar-refractivity contribution in [2.24, 2.45) is 70.6 Å². The number of carbonyl (C=O) groups is 4. The van der Waals surface area contributed by atoms with Crippen LogP contribution in [0.4, 0.5) is 21.0 Å². The third-order valence-electron chi connectivity index (χ3n) is 18.6. The summed E-state index contributed by atoms with van der Waals surface area (Å²) in [5.41, 5.74) is 16.6. The molecule has 0 bridgehead atoms. The first-order valence-corrected chi connectivity index (χ1v) is 36.1. The van der Waals surface area contributed by atoms with Gasteiger partial charge < -0.3 is 64.3 Å². The van der Waals surface area contributed by atoms with E-state index in [0.717, 1.165) is 47.3 Å². The van der Waals surface area contributed by atoms with E-state index in [2.05, 4.69) is 119 Å². The van der Waals surface area contributed by atoms with Gasteiger partial charge in [-0.1, -0.05) is 188 Å². The molecule has 2 heterocycles. The minimum atomic E-state index is -2.20. The van der Waals surface area contributed by atoms with E-state index in [-0.39, 0.29) is 108 Å². The number of amides is 4. The summed E-state index contributed by atoms with van der Waals surface area (Å²) in [5.74, 6) is 0.653. The number of carbonyl (C=O) groups excluding carboxylic acids is 4. The molecule has 2 aromatic rings. The van der Waals surface area contributed by atoms with Gasteiger partial charge >= 0.3 is 12.2 Å². The summed E-state index contributed by atoms with van der Waals surface area (Å²) in [6, 6.07) is 11.6. The van der Waals surface area contributed by atoms with Crippen molar-refractivity contribution >= 4 is 55.8 Å². The van der Waals surface area contributed by atoms with Crippen molar-refractivity contribution in [3.63, 3.8) is 0 Å². The monoisotopic (exact) mass is 1300 g/mol. The molecule has 0 radical (unpaired) electrons. The van der Waals surface area contributed by atoms with Crippen LogP contribution in [0.3, 0.4) is 0 Å². The fourth-order valence-electron chi connectivity index (χ4n) is 12.2. The van der Waals surface area contributed by atoms with Gasteiger partial charge in [-0.05, 0) is 105 Å². The molecular weight excluding hydrogens is 1180 g/mol. The first-order valence-electron chi connectivity index (χ1n) is 33.2. The van der Waals surface area contributed by atoms with Crippen molar-refractivity contribution < 1.29 is 62.2 Å². The Morgan fingerprint density at radius 1 is 0.609 bits per heavy atom. The quantitative estimate of drug-likeness (QED) is 0.0296. The summed E-state index contributed by atoms with van der Waals surface area (Å²) in [4.78, 5) is 51.0. The third-order valence-corrected chi connectivity index (χ3v) is 23.0. The van der Waals surface area contributed by atoms with Gasteiger partial charge in [-0.25, -0.2) is 9.59 Å². The number of nitrogens with zero attached hydrogens (tertiary/aromatic N) is 2. The number of rotatable bonds is 33. The second-order valence-electron chi connectivity index (χ2n) is 27.8. The molecule has 0 spiro atoms. The Kier molecular flexibility index (Phi) is 32.9. The summed E-state index contributed by atoms with van der Waals surface area (Å²) in [5, 5.41) is 22.2. The molecule has 6 N–H and O–H groups in total. The highest BCUT2D eigenvalue weighted by Crippen LogP contribution is 2.42. The van der Waals surface area contributed by atoms with Crippen LogP contribution in [0.5, 0.6) is 11.5 Å². The number of primary amides is 2. The zero-order valence-corrected chi connectivity index (χ0v) is 60.9. The van der Waals surface area contributed by atoms with E-state index >= 15 is 0 Å². The average molecular weight is 1300 g/mol. The Labute approximate surface area is 554 Å². The number of anilines is 2. The second-order valence-corrected chi connectivity index (χ2v) is 32.5. The maximum absolute atomic E-state index is 12.2. The number of likely N-dealkylation sites (N-methyl/N-ethyl adjacent to an activating group) is 2. The molecule has 92 heavy (non-hydrogen) atoms. The van der Waals surface area contributed by atoms with Crippen LogP contribution in [0, 0.1) is 59.2 Å².